The number of hydrogen-bond acceptors (Lipinski definition) is 5. The molecule has 2 amide bonds. The molecule has 34 heavy (non-hydrogen) atoms. The second-order valence-corrected chi connectivity index (χ2v) is 9.83. The second kappa shape index (κ2) is 10.6. The first-order valence-corrected chi connectivity index (χ1v) is 12.8. The molecule has 180 valence electrons. The highest BCUT2D eigenvalue weighted by molar-refractivity contribution is 6.02. The average molecular weight is 462 g/mol. The standard InChI is InChI=1S/C27H35N5O2/c33-26(22-7-8-22)29-23-9-10-24(25(18-23)31-12-3-1-2-4-13-31)27(34)32-16-14-30(15-17-32)20-21-6-5-11-28-19-21/h5-6,9-11,18-19,22H,1-4,7-8,12-17,20H2,(H,29,33). The third-order valence-electron chi connectivity index (χ3n) is 7.18. The van der Waals surface area contributed by atoms with Crippen LogP contribution in [-0.4, -0.2) is 65.9 Å². The van der Waals surface area contributed by atoms with E-state index in [1.54, 1.807) is 6.20 Å². The van der Waals surface area contributed by atoms with Gasteiger partial charge in [0, 0.05) is 69.8 Å². The lowest BCUT2D eigenvalue weighted by atomic mass is 10.1. The van der Waals surface area contributed by atoms with E-state index >= 15 is 0 Å². The van der Waals surface area contributed by atoms with Crippen molar-refractivity contribution in [3.05, 3.63) is 53.9 Å². The number of carbonyl (C=O) groups excluding carboxylic acids is 2. The lowest BCUT2D eigenvalue weighted by Crippen LogP contribution is -2.48. The van der Waals surface area contributed by atoms with Crippen molar-refractivity contribution in [2.24, 2.45) is 5.92 Å². The van der Waals surface area contributed by atoms with Gasteiger partial charge in [0.15, 0.2) is 0 Å². The Morgan fingerprint density at radius 1 is 0.941 bits per heavy atom. The number of nitrogens with one attached hydrogen (secondary N) is 1. The van der Waals surface area contributed by atoms with Crippen molar-refractivity contribution >= 4 is 23.2 Å². The summed E-state index contributed by atoms with van der Waals surface area (Å²) in [5.74, 6) is 0.358. The van der Waals surface area contributed by atoms with Crippen LogP contribution in [-0.2, 0) is 11.3 Å². The van der Waals surface area contributed by atoms with Crippen molar-refractivity contribution in [3.8, 4) is 0 Å². The monoisotopic (exact) mass is 461 g/mol. The van der Waals surface area contributed by atoms with E-state index < -0.39 is 0 Å². The molecule has 0 radical (unpaired) electrons. The fourth-order valence-electron chi connectivity index (χ4n) is 4.98. The van der Waals surface area contributed by atoms with E-state index in [2.05, 4.69) is 26.2 Å². The number of hydrogen-bond donors (Lipinski definition) is 1. The lowest BCUT2D eigenvalue weighted by Gasteiger charge is -2.35. The summed E-state index contributed by atoms with van der Waals surface area (Å²) in [5.41, 5.74) is 3.73. The average Bonchev–Trinajstić information content (AvgIpc) is 3.73. The minimum atomic E-state index is 0.0975. The van der Waals surface area contributed by atoms with Crippen LogP contribution < -0.4 is 10.2 Å². The van der Waals surface area contributed by atoms with Crippen LogP contribution in [0.25, 0.3) is 0 Å². The molecule has 7 heteroatoms. The second-order valence-electron chi connectivity index (χ2n) is 9.83. The Bertz CT molecular complexity index is 991. The zero-order chi connectivity index (χ0) is 23.3. The van der Waals surface area contributed by atoms with Gasteiger partial charge in [-0.15, -0.1) is 0 Å². The first kappa shape index (κ1) is 22.8. The molecule has 0 unspecified atom stereocenters. The SMILES string of the molecule is O=C(Nc1ccc(C(=O)N2CCN(Cc3cccnc3)CC2)c(N2CCCCCC2)c1)C1CC1. The lowest BCUT2D eigenvalue weighted by molar-refractivity contribution is -0.117. The minimum Gasteiger partial charge on any atom is -0.371 e. The van der Waals surface area contributed by atoms with Crippen LogP contribution in [0.3, 0.4) is 0 Å². The number of benzene rings is 1. The van der Waals surface area contributed by atoms with E-state index in [4.69, 9.17) is 0 Å². The molecule has 5 rings (SSSR count). The summed E-state index contributed by atoms with van der Waals surface area (Å²) in [7, 11) is 0. The van der Waals surface area contributed by atoms with Gasteiger partial charge >= 0.3 is 0 Å². The molecule has 0 bridgehead atoms. The Morgan fingerprint density at radius 2 is 1.71 bits per heavy atom. The molecule has 1 aliphatic carbocycles. The van der Waals surface area contributed by atoms with Crippen molar-refractivity contribution < 1.29 is 9.59 Å². The summed E-state index contributed by atoms with van der Waals surface area (Å²) in [5, 5.41) is 3.07. The van der Waals surface area contributed by atoms with E-state index in [1.165, 1.54) is 18.4 Å². The van der Waals surface area contributed by atoms with Gasteiger partial charge in [-0.2, -0.15) is 0 Å². The maximum Gasteiger partial charge on any atom is 0.256 e. The van der Waals surface area contributed by atoms with Gasteiger partial charge in [0.25, 0.3) is 5.91 Å². The Balaban J connectivity index is 1.30. The number of nitrogens with zero attached hydrogens (tertiary/aromatic N) is 4. The number of rotatable bonds is 6. The number of anilines is 2. The van der Waals surface area contributed by atoms with Crippen molar-refractivity contribution in [2.75, 3.05) is 49.5 Å². The smallest absolute Gasteiger partial charge is 0.256 e. The molecule has 1 N–H and O–H groups in total. The first-order valence-electron chi connectivity index (χ1n) is 12.8. The molecule has 0 spiro atoms. The van der Waals surface area contributed by atoms with Crippen LogP contribution in [0.2, 0.25) is 0 Å². The number of carbonyl (C=O) groups is 2. The zero-order valence-electron chi connectivity index (χ0n) is 19.9. The number of amides is 2. The summed E-state index contributed by atoms with van der Waals surface area (Å²) in [4.78, 5) is 36.9. The molecular weight excluding hydrogens is 426 g/mol. The molecule has 0 atom stereocenters. The van der Waals surface area contributed by atoms with Crippen LogP contribution in [0.5, 0.6) is 0 Å². The van der Waals surface area contributed by atoms with Gasteiger partial charge in [0.2, 0.25) is 5.91 Å². The third kappa shape index (κ3) is 5.58. The Hall–Kier alpha value is -2.93. The topological polar surface area (TPSA) is 68.8 Å². The fraction of sp³-hybridized carbons (Fsp3) is 0.519. The van der Waals surface area contributed by atoms with Crippen molar-refractivity contribution in [1.82, 2.24) is 14.8 Å². The van der Waals surface area contributed by atoms with Gasteiger partial charge in [-0.3, -0.25) is 19.5 Å². The van der Waals surface area contributed by atoms with Crippen molar-refractivity contribution in [3.63, 3.8) is 0 Å². The van der Waals surface area contributed by atoms with Crippen molar-refractivity contribution in [2.45, 2.75) is 45.1 Å². The predicted octanol–water partition coefficient (Wildman–Crippen LogP) is 3.77. The molecule has 1 saturated carbocycles. The normalized spacial score (nSPS) is 19.5. The quantitative estimate of drug-likeness (QED) is 0.709. The molecule has 1 aromatic carbocycles. The van der Waals surface area contributed by atoms with Crippen molar-refractivity contribution in [1.29, 1.82) is 0 Å². The van der Waals surface area contributed by atoms with Gasteiger partial charge in [-0.25, -0.2) is 0 Å². The van der Waals surface area contributed by atoms with E-state index in [1.807, 2.05) is 35.4 Å². The Labute approximate surface area is 202 Å². The molecule has 7 nitrogen and oxygen atoms in total. The highest BCUT2D eigenvalue weighted by Crippen LogP contribution is 2.32. The largest absolute Gasteiger partial charge is 0.371 e. The Kier molecular flexibility index (Phi) is 7.09. The van der Waals surface area contributed by atoms with Crippen LogP contribution in [0, 0.1) is 5.92 Å². The maximum atomic E-state index is 13.6. The molecule has 2 aromatic rings. The van der Waals surface area contributed by atoms with E-state index in [-0.39, 0.29) is 17.7 Å². The number of pyridine rings is 1. The van der Waals surface area contributed by atoms with Gasteiger partial charge in [0.1, 0.15) is 0 Å². The summed E-state index contributed by atoms with van der Waals surface area (Å²) in [6, 6.07) is 9.91. The minimum absolute atomic E-state index is 0.0975. The van der Waals surface area contributed by atoms with E-state index in [0.29, 0.717) is 0 Å². The molecule has 3 heterocycles. The van der Waals surface area contributed by atoms with Gasteiger partial charge in [-0.1, -0.05) is 18.9 Å². The molecule has 3 aliphatic rings. The zero-order valence-corrected chi connectivity index (χ0v) is 19.9. The molecule has 2 aliphatic heterocycles. The van der Waals surface area contributed by atoms with Crippen LogP contribution >= 0.6 is 0 Å². The highest BCUT2D eigenvalue weighted by atomic mass is 16.2. The first-order chi connectivity index (χ1) is 16.7. The van der Waals surface area contributed by atoms with Crippen LogP contribution in [0.4, 0.5) is 11.4 Å². The van der Waals surface area contributed by atoms with Gasteiger partial charge < -0.3 is 15.1 Å². The van der Waals surface area contributed by atoms with Gasteiger partial charge in [-0.05, 0) is 55.5 Å². The Morgan fingerprint density at radius 3 is 2.38 bits per heavy atom. The third-order valence-corrected chi connectivity index (χ3v) is 7.18. The summed E-state index contributed by atoms with van der Waals surface area (Å²) in [6.45, 7) is 5.94. The van der Waals surface area contributed by atoms with Gasteiger partial charge in [0.05, 0.1) is 11.3 Å². The summed E-state index contributed by atoms with van der Waals surface area (Å²) < 4.78 is 0. The maximum absolute atomic E-state index is 13.6. The molecular formula is C27H35N5O2. The van der Waals surface area contributed by atoms with Crippen LogP contribution in [0.15, 0.2) is 42.7 Å². The number of piperazine rings is 1. The number of aromatic nitrogens is 1. The van der Waals surface area contributed by atoms with E-state index in [0.717, 1.165) is 88.4 Å². The summed E-state index contributed by atoms with van der Waals surface area (Å²) >= 11 is 0. The molecule has 3 fully saturated rings. The van der Waals surface area contributed by atoms with Crippen LogP contribution in [0.1, 0.15) is 54.4 Å². The van der Waals surface area contributed by atoms with E-state index in [9.17, 15) is 9.59 Å². The predicted molar refractivity (Wildman–Crippen MR) is 134 cm³/mol. The summed E-state index contributed by atoms with van der Waals surface area (Å²) in [6.07, 6.45) is 10.4. The molecule has 1 aromatic heterocycles. The molecule has 2 saturated heterocycles. The highest BCUT2D eigenvalue weighted by Gasteiger charge is 2.30. The fourth-order valence-corrected chi connectivity index (χ4v) is 4.98.